The van der Waals surface area contributed by atoms with Crippen LogP contribution in [0.3, 0.4) is 0 Å². The molecule has 0 spiro atoms. The third-order valence-electron chi connectivity index (χ3n) is 8.77. The number of allylic oxidation sites excluding steroid dienone is 4. The lowest BCUT2D eigenvalue weighted by Crippen LogP contribution is -2.48. The van der Waals surface area contributed by atoms with Gasteiger partial charge in [0, 0.05) is 0 Å². The zero-order valence-electron chi connectivity index (χ0n) is 18.1. The smallest absolute Gasteiger partial charge is 0.234 e. The predicted octanol–water partition coefficient (Wildman–Crippen LogP) is 1.61. The first kappa shape index (κ1) is 19.5. The van der Waals surface area contributed by atoms with Gasteiger partial charge in [0.15, 0.2) is 0 Å². The van der Waals surface area contributed by atoms with E-state index in [1.807, 2.05) is 6.07 Å². The monoisotopic (exact) mass is 447 g/mol. The summed E-state index contributed by atoms with van der Waals surface area (Å²) in [7, 11) is 0. The maximum atomic E-state index is 13.2. The molecule has 4 aliphatic carbocycles. The van der Waals surface area contributed by atoms with Crippen molar-refractivity contribution in [3.05, 3.63) is 48.5 Å². The van der Waals surface area contributed by atoms with Gasteiger partial charge >= 0.3 is 0 Å². The van der Waals surface area contributed by atoms with E-state index in [1.165, 1.54) is 9.80 Å². The van der Waals surface area contributed by atoms with E-state index in [4.69, 9.17) is 4.42 Å². The highest BCUT2D eigenvalue weighted by Crippen LogP contribution is 2.53. The zero-order chi connectivity index (χ0) is 22.4. The average molecular weight is 447 g/mol. The van der Waals surface area contributed by atoms with Gasteiger partial charge in [-0.1, -0.05) is 24.3 Å². The van der Waals surface area contributed by atoms with Gasteiger partial charge in [0.2, 0.25) is 23.6 Å². The van der Waals surface area contributed by atoms with Crippen LogP contribution in [0.5, 0.6) is 0 Å². The average Bonchev–Trinajstić information content (AvgIpc) is 3.63. The molecule has 1 aromatic heterocycles. The number of hydrogen-bond acceptors (Lipinski definition) is 6. The number of likely N-dealkylation sites (tertiary alicyclic amines) is 2. The van der Waals surface area contributed by atoms with Crippen LogP contribution < -0.4 is 0 Å². The summed E-state index contributed by atoms with van der Waals surface area (Å²) in [6, 6.07) is 3.58. The summed E-state index contributed by atoms with van der Waals surface area (Å²) in [5, 5.41) is 0. The number of carbonyl (C=O) groups excluding carboxylic acids is 4. The number of carbonyl (C=O) groups is 4. The van der Waals surface area contributed by atoms with E-state index >= 15 is 0 Å². The Bertz CT molecular complexity index is 993. The minimum Gasteiger partial charge on any atom is -0.468 e. The first-order chi connectivity index (χ1) is 16.0. The molecule has 8 nitrogen and oxygen atoms in total. The topological polar surface area (TPSA) is 91.1 Å². The number of hydrogen-bond donors (Lipinski definition) is 0. The number of fused-ring (bicyclic) bond motifs is 10. The van der Waals surface area contributed by atoms with Crippen molar-refractivity contribution in [1.82, 2.24) is 14.7 Å². The molecule has 2 aliphatic heterocycles. The maximum absolute atomic E-state index is 13.2. The first-order valence-electron chi connectivity index (χ1n) is 11.8. The van der Waals surface area contributed by atoms with Gasteiger partial charge in [0.25, 0.3) is 0 Å². The van der Waals surface area contributed by atoms with Crippen LogP contribution in [-0.4, -0.2) is 51.7 Å². The highest BCUT2D eigenvalue weighted by molar-refractivity contribution is 6.07. The number of nitrogens with zero attached hydrogens (tertiary/aromatic N) is 3. The molecule has 0 unspecified atom stereocenters. The molecule has 0 radical (unpaired) electrons. The molecule has 0 aromatic carbocycles. The summed E-state index contributed by atoms with van der Waals surface area (Å²) in [6.07, 6.45) is 11.6. The van der Waals surface area contributed by atoms with Crippen molar-refractivity contribution < 1.29 is 23.6 Å². The molecular weight excluding hydrogens is 422 g/mol. The van der Waals surface area contributed by atoms with Gasteiger partial charge in [-0.05, 0) is 48.6 Å². The van der Waals surface area contributed by atoms with Crippen LogP contribution in [0.25, 0.3) is 0 Å². The number of imide groups is 2. The van der Waals surface area contributed by atoms with Crippen molar-refractivity contribution in [2.45, 2.75) is 19.4 Å². The summed E-state index contributed by atoms with van der Waals surface area (Å²) in [4.78, 5) is 57.3. The lowest BCUT2D eigenvalue weighted by atomic mass is 9.85. The van der Waals surface area contributed by atoms with E-state index < -0.39 is 0 Å². The van der Waals surface area contributed by atoms with E-state index in [0.29, 0.717) is 12.3 Å². The molecule has 3 heterocycles. The minimum atomic E-state index is -0.269. The summed E-state index contributed by atoms with van der Waals surface area (Å²) in [5.74, 6) is -0.396. The SMILES string of the molecule is O=C1[C@@H]2[C@@H](C(=O)N1CN(Cc1ccco1)CN1C(=O)[C@@H]3[C@H](C1=O)[C@H]1C=C[C@H]3C1)[C@H]1C=C[C@H]2C1. The Morgan fingerprint density at radius 1 is 0.727 bits per heavy atom. The molecule has 4 amide bonds. The lowest BCUT2D eigenvalue weighted by molar-refractivity contribution is -0.146. The van der Waals surface area contributed by atoms with Crippen LogP contribution in [0, 0.1) is 47.3 Å². The fourth-order valence-corrected chi connectivity index (χ4v) is 7.37. The van der Waals surface area contributed by atoms with Crippen molar-refractivity contribution in [3.8, 4) is 0 Å². The third-order valence-corrected chi connectivity index (χ3v) is 8.77. The van der Waals surface area contributed by atoms with Crippen LogP contribution in [0.15, 0.2) is 47.1 Å². The van der Waals surface area contributed by atoms with Gasteiger partial charge in [-0.25, -0.2) is 0 Å². The van der Waals surface area contributed by atoms with E-state index in [2.05, 4.69) is 24.3 Å². The molecule has 4 fully saturated rings. The Kier molecular flexibility index (Phi) is 3.99. The molecular formula is C25H25N3O5. The highest BCUT2D eigenvalue weighted by Gasteiger charge is 2.61. The second-order valence-electron chi connectivity index (χ2n) is 10.4. The molecule has 6 aliphatic rings. The minimum absolute atomic E-state index is 0.0440. The largest absolute Gasteiger partial charge is 0.468 e. The van der Waals surface area contributed by atoms with E-state index in [-0.39, 0.29) is 84.3 Å². The summed E-state index contributed by atoms with van der Waals surface area (Å²) in [5.41, 5.74) is 0. The van der Waals surface area contributed by atoms with Crippen LogP contribution in [0.4, 0.5) is 0 Å². The molecule has 2 saturated heterocycles. The van der Waals surface area contributed by atoms with Crippen molar-refractivity contribution in [2.24, 2.45) is 47.3 Å². The Balaban J connectivity index is 1.13. The fourth-order valence-electron chi connectivity index (χ4n) is 7.37. The standard InChI is InChI=1S/C25H25N3O5/c29-22-18-13-3-4-14(8-13)19(18)23(30)27(22)11-26(10-17-2-1-7-33-17)12-28-24(31)20-15-5-6-16(9-15)21(20)25(28)32/h1-7,13-16,18-21H,8-12H2/t13-,14-,15-,16-,18-,19-,20-,21+/m0/s1. The Hall–Kier alpha value is -3.00. The summed E-state index contributed by atoms with van der Waals surface area (Å²) < 4.78 is 5.50. The van der Waals surface area contributed by atoms with Crippen LogP contribution in [0.2, 0.25) is 0 Å². The van der Waals surface area contributed by atoms with Gasteiger partial charge in [0.05, 0.1) is 49.8 Å². The molecule has 7 rings (SSSR count). The molecule has 2 saturated carbocycles. The fraction of sp³-hybridized carbons (Fsp3) is 0.520. The highest BCUT2D eigenvalue weighted by atomic mass is 16.3. The van der Waals surface area contributed by atoms with E-state index in [9.17, 15) is 19.2 Å². The van der Waals surface area contributed by atoms with Crippen molar-refractivity contribution in [1.29, 1.82) is 0 Å². The maximum Gasteiger partial charge on any atom is 0.234 e. The first-order valence-corrected chi connectivity index (χ1v) is 11.8. The molecule has 4 bridgehead atoms. The van der Waals surface area contributed by atoms with Crippen molar-refractivity contribution >= 4 is 23.6 Å². The van der Waals surface area contributed by atoms with Gasteiger partial charge < -0.3 is 4.42 Å². The number of rotatable bonds is 6. The second-order valence-corrected chi connectivity index (χ2v) is 10.4. The van der Waals surface area contributed by atoms with Crippen molar-refractivity contribution in [2.75, 3.05) is 13.3 Å². The Morgan fingerprint density at radius 3 is 1.52 bits per heavy atom. The molecule has 170 valence electrons. The molecule has 8 heteroatoms. The Morgan fingerprint density at radius 2 is 1.15 bits per heavy atom. The van der Waals surface area contributed by atoms with Crippen molar-refractivity contribution in [3.63, 3.8) is 0 Å². The lowest BCUT2D eigenvalue weighted by Gasteiger charge is -2.30. The Labute approximate surface area is 190 Å². The zero-order valence-corrected chi connectivity index (χ0v) is 18.1. The second kappa shape index (κ2) is 6.76. The van der Waals surface area contributed by atoms with E-state index in [1.54, 1.807) is 17.2 Å². The van der Waals surface area contributed by atoms with Gasteiger partial charge in [0.1, 0.15) is 5.76 Å². The predicted molar refractivity (Wildman–Crippen MR) is 113 cm³/mol. The number of amides is 4. The van der Waals surface area contributed by atoms with Crippen LogP contribution in [-0.2, 0) is 25.7 Å². The molecule has 1 aromatic rings. The molecule has 8 atom stereocenters. The molecule has 33 heavy (non-hydrogen) atoms. The van der Waals surface area contributed by atoms with Gasteiger partial charge in [-0.15, -0.1) is 0 Å². The van der Waals surface area contributed by atoms with Crippen LogP contribution >= 0.6 is 0 Å². The van der Waals surface area contributed by atoms with Crippen LogP contribution in [0.1, 0.15) is 18.6 Å². The molecule has 0 N–H and O–H groups in total. The quantitative estimate of drug-likeness (QED) is 0.486. The third kappa shape index (κ3) is 2.61. The van der Waals surface area contributed by atoms with Gasteiger partial charge in [-0.3, -0.25) is 33.9 Å². The normalized spacial score (nSPS) is 39.8. The summed E-state index contributed by atoms with van der Waals surface area (Å²) in [6.45, 7) is 0.382. The van der Waals surface area contributed by atoms with E-state index in [0.717, 1.165) is 12.8 Å². The van der Waals surface area contributed by atoms with Gasteiger partial charge in [-0.2, -0.15) is 0 Å². The summed E-state index contributed by atoms with van der Waals surface area (Å²) >= 11 is 0. The number of furan rings is 1.